The highest BCUT2D eigenvalue weighted by Gasteiger charge is 2.30. The van der Waals surface area contributed by atoms with E-state index in [0.29, 0.717) is 0 Å². The van der Waals surface area contributed by atoms with Crippen LogP contribution in [0.15, 0.2) is 23.0 Å². The van der Waals surface area contributed by atoms with Gasteiger partial charge in [0.15, 0.2) is 0 Å². The summed E-state index contributed by atoms with van der Waals surface area (Å²) in [6.07, 6.45) is 6.59. The van der Waals surface area contributed by atoms with E-state index in [4.69, 9.17) is 0 Å². The van der Waals surface area contributed by atoms with Crippen molar-refractivity contribution in [3.05, 3.63) is 50.8 Å². The number of fused-ring (bicyclic) bond motifs is 5. The minimum Gasteiger partial charge on any atom is -0.369 e. The molecule has 0 bridgehead atoms. The number of anilines is 1. The first-order valence-corrected chi connectivity index (χ1v) is 10.6. The average Bonchev–Trinajstić information content (AvgIpc) is 3.08. The Bertz CT molecular complexity index is 922. The van der Waals surface area contributed by atoms with Gasteiger partial charge in [0.05, 0.1) is 5.69 Å². The molecule has 2 aliphatic carbocycles. The highest BCUT2D eigenvalue weighted by Crippen LogP contribution is 2.42. The molecule has 1 fully saturated rings. The topological polar surface area (TPSA) is 39.3 Å². The Hall–Kier alpha value is -2.07. The lowest BCUT2D eigenvalue weighted by molar-refractivity contribution is 0.258. The summed E-state index contributed by atoms with van der Waals surface area (Å²) in [5.41, 5.74) is 9.12. The monoisotopic (exact) mass is 363 g/mol. The molecular weight excluding hydrogens is 334 g/mol. The third kappa shape index (κ3) is 2.82. The minimum atomic E-state index is 0.148. The van der Waals surface area contributed by atoms with Crippen molar-refractivity contribution in [3.63, 3.8) is 0 Å². The maximum Gasteiger partial charge on any atom is 0.251 e. The molecule has 0 spiro atoms. The van der Waals surface area contributed by atoms with E-state index < -0.39 is 0 Å². The molecule has 4 nitrogen and oxygen atoms in total. The molecule has 4 heteroatoms. The summed E-state index contributed by atoms with van der Waals surface area (Å²) >= 11 is 0. The van der Waals surface area contributed by atoms with Gasteiger partial charge in [-0.2, -0.15) is 0 Å². The lowest BCUT2D eigenvalue weighted by atomic mass is 9.88. The number of aromatic amines is 1. The van der Waals surface area contributed by atoms with Gasteiger partial charge in [0.25, 0.3) is 5.56 Å². The first-order chi connectivity index (χ1) is 13.3. The lowest BCUT2D eigenvalue weighted by Gasteiger charge is -2.37. The van der Waals surface area contributed by atoms with Crippen LogP contribution in [0.1, 0.15) is 48.4 Å². The zero-order chi connectivity index (χ0) is 18.4. The second-order valence-electron chi connectivity index (χ2n) is 8.28. The number of piperazine rings is 1. The van der Waals surface area contributed by atoms with Crippen molar-refractivity contribution in [2.45, 2.75) is 45.4 Å². The van der Waals surface area contributed by atoms with Gasteiger partial charge < -0.3 is 9.88 Å². The van der Waals surface area contributed by atoms with Gasteiger partial charge in [-0.25, -0.2) is 0 Å². The second-order valence-corrected chi connectivity index (χ2v) is 8.28. The van der Waals surface area contributed by atoms with Crippen LogP contribution in [0, 0.1) is 0 Å². The SMILES string of the molecule is CCCN1CCN(c2cccc3c2Cc2c-3[nH]c(=O)c3c2CCCC3)CC1. The van der Waals surface area contributed by atoms with Crippen LogP contribution in [0.2, 0.25) is 0 Å². The number of H-pyrrole nitrogens is 1. The van der Waals surface area contributed by atoms with Gasteiger partial charge in [0.2, 0.25) is 0 Å². The van der Waals surface area contributed by atoms with E-state index in [9.17, 15) is 4.79 Å². The smallest absolute Gasteiger partial charge is 0.251 e. The predicted molar refractivity (Wildman–Crippen MR) is 111 cm³/mol. The summed E-state index contributed by atoms with van der Waals surface area (Å²) in [7, 11) is 0. The largest absolute Gasteiger partial charge is 0.369 e. The summed E-state index contributed by atoms with van der Waals surface area (Å²) in [6.45, 7) is 7.96. The number of nitrogens with zero attached hydrogens (tertiary/aromatic N) is 2. The van der Waals surface area contributed by atoms with Crippen LogP contribution >= 0.6 is 0 Å². The number of rotatable bonds is 3. The number of hydrogen-bond acceptors (Lipinski definition) is 3. The molecule has 3 aliphatic rings. The maximum atomic E-state index is 12.6. The summed E-state index contributed by atoms with van der Waals surface area (Å²) in [5, 5.41) is 0. The van der Waals surface area contributed by atoms with Crippen LogP contribution in [-0.4, -0.2) is 42.6 Å². The lowest BCUT2D eigenvalue weighted by Crippen LogP contribution is -2.46. The highest BCUT2D eigenvalue weighted by atomic mass is 16.1. The molecule has 2 heterocycles. The number of pyridine rings is 1. The minimum absolute atomic E-state index is 0.148. The van der Waals surface area contributed by atoms with Gasteiger partial charge in [-0.15, -0.1) is 0 Å². The molecule has 1 N–H and O–H groups in total. The summed E-state index contributed by atoms with van der Waals surface area (Å²) in [5.74, 6) is 0. The number of nitrogens with one attached hydrogen (secondary N) is 1. The predicted octanol–water partition coefficient (Wildman–Crippen LogP) is 3.36. The quantitative estimate of drug-likeness (QED) is 0.776. The molecule has 1 saturated heterocycles. The Morgan fingerprint density at radius 3 is 2.52 bits per heavy atom. The fourth-order valence-corrected chi connectivity index (χ4v) is 5.33. The Balaban J connectivity index is 1.50. The second kappa shape index (κ2) is 6.83. The first-order valence-electron chi connectivity index (χ1n) is 10.6. The van der Waals surface area contributed by atoms with E-state index in [1.54, 1.807) is 0 Å². The fraction of sp³-hybridized carbons (Fsp3) is 0.522. The Morgan fingerprint density at radius 1 is 0.963 bits per heavy atom. The molecule has 0 amide bonds. The maximum absolute atomic E-state index is 12.6. The molecule has 27 heavy (non-hydrogen) atoms. The van der Waals surface area contributed by atoms with Crippen molar-refractivity contribution < 1.29 is 0 Å². The van der Waals surface area contributed by atoms with Gasteiger partial charge in [0.1, 0.15) is 0 Å². The third-order valence-corrected chi connectivity index (χ3v) is 6.67. The van der Waals surface area contributed by atoms with E-state index in [0.717, 1.165) is 63.1 Å². The van der Waals surface area contributed by atoms with Gasteiger partial charge in [-0.3, -0.25) is 9.69 Å². The van der Waals surface area contributed by atoms with E-state index in [1.807, 2.05) is 0 Å². The normalized spacial score (nSPS) is 18.9. The molecular formula is C23H29N3O. The fourth-order valence-electron chi connectivity index (χ4n) is 5.33. The highest BCUT2D eigenvalue weighted by molar-refractivity contribution is 5.81. The van der Waals surface area contributed by atoms with Gasteiger partial charge in [-0.1, -0.05) is 19.1 Å². The summed E-state index contributed by atoms with van der Waals surface area (Å²) < 4.78 is 0. The van der Waals surface area contributed by atoms with Crippen molar-refractivity contribution in [1.29, 1.82) is 0 Å². The van der Waals surface area contributed by atoms with Gasteiger partial charge in [0, 0.05) is 49.4 Å². The molecule has 0 radical (unpaired) electrons. The zero-order valence-electron chi connectivity index (χ0n) is 16.3. The number of benzene rings is 1. The molecule has 0 atom stereocenters. The Labute approximate surface area is 161 Å². The summed E-state index contributed by atoms with van der Waals surface area (Å²) in [6, 6.07) is 6.65. The first kappa shape index (κ1) is 17.1. The number of hydrogen-bond donors (Lipinski definition) is 1. The number of aromatic nitrogens is 1. The molecule has 142 valence electrons. The molecule has 1 aromatic carbocycles. The third-order valence-electron chi connectivity index (χ3n) is 6.67. The standard InChI is InChI=1S/C23H29N3O/c1-2-10-25-11-13-26(14-12-25)21-9-5-8-17-19(21)15-20-16-6-3-4-7-18(16)23(27)24-22(17)20/h5,8-9H,2-4,6-7,10-15H2,1H3,(H,24,27). The molecule has 5 rings (SSSR count). The van der Waals surface area contributed by atoms with Crippen molar-refractivity contribution in [1.82, 2.24) is 9.88 Å². The van der Waals surface area contributed by atoms with Crippen molar-refractivity contribution in [3.8, 4) is 11.3 Å². The van der Waals surface area contributed by atoms with E-state index in [-0.39, 0.29) is 5.56 Å². The average molecular weight is 364 g/mol. The Kier molecular flexibility index (Phi) is 4.31. The van der Waals surface area contributed by atoms with Crippen molar-refractivity contribution in [2.24, 2.45) is 0 Å². The molecule has 0 unspecified atom stereocenters. The van der Waals surface area contributed by atoms with Gasteiger partial charge >= 0.3 is 0 Å². The molecule has 0 saturated carbocycles. The van der Waals surface area contributed by atoms with E-state index in [1.165, 1.54) is 47.3 Å². The van der Waals surface area contributed by atoms with E-state index in [2.05, 4.69) is 39.9 Å². The van der Waals surface area contributed by atoms with E-state index >= 15 is 0 Å². The molecule has 1 aromatic heterocycles. The van der Waals surface area contributed by atoms with Crippen molar-refractivity contribution in [2.75, 3.05) is 37.6 Å². The molecule has 1 aliphatic heterocycles. The van der Waals surface area contributed by atoms with Crippen LogP contribution in [-0.2, 0) is 19.3 Å². The van der Waals surface area contributed by atoms with Crippen LogP contribution < -0.4 is 10.5 Å². The van der Waals surface area contributed by atoms with Crippen LogP contribution in [0.5, 0.6) is 0 Å². The Morgan fingerprint density at radius 2 is 1.74 bits per heavy atom. The van der Waals surface area contributed by atoms with Crippen LogP contribution in [0.4, 0.5) is 5.69 Å². The van der Waals surface area contributed by atoms with Crippen LogP contribution in [0.3, 0.4) is 0 Å². The van der Waals surface area contributed by atoms with Crippen molar-refractivity contribution >= 4 is 5.69 Å². The zero-order valence-corrected chi connectivity index (χ0v) is 16.3. The van der Waals surface area contributed by atoms with Crippen LogP contribution in [0.25, 0.3) is 11.3 Å². The summed E-state index contributed by atoms with van der Waals surface area (Å²) in [4.78, 5) is 21.0. The van der Waals surface area contributed by atoms with Gasteiger partial charge in [-0.05, 0) is 61.4 Å². The molecule has 2 aromatic rings.